The summed E-state index contributed by atoms with van der Waals surface area (Å²) in [7, 11) is 1.59. The van der Waals surface area contributed by atoms with E-state index in [1.807, 2.05) is 54.6 Å². The van der Waals surface area contributed by atoms with E-state index in [1.54, 1.807) is 19.4 Å². The van der Waals surface area contributed by atoms with Crippen LogP contribution in [0.3, 0.4) is 0 Å². The van der Waals surface area contributed by atoms with E-state index in [0.29, 0.717) is 29.8 Å². The van der Waals surface area contributed by atoms with Gasteiger partial charge in [0.2, 0.25) is 0 Å². The minimum atomic E-state index is -0.338. The predicted molar refractivity (Wildman–Crippen MR) is 130 cm³/mol. The number of nitrogens with zero attached hydrogens (tertiary/aromatic N) is 1. The van der Waals surface area contributed by atoms with Gasteiger partial charge in [-0.05, 0) is 59.4 Å². The smallest absolute Gasteiger partial charge is 0.277 e. The molecule has 0 radical (unpaired) electrons. The topological polar surface area (TPSA) is 69.2 Å². The zero-order valence-corrected chi connectivity index (χ0v) is 19.5. The number of rotatable bonds is 10. The van der Waals surface area contributed by atoms with Crippen LogP contribution in [0, 0.1) is 6.92 Å². The second kappa shape index (κ2) is 11.7. The number of ether oxygens (including phenoxy) is 3. The molecule has 0 aromatic heterocycles. The van der Waals surface area contributed by atoms with Gasteiger partial charge in [-0.25, -0.2) is 5.43 Å². The minimum absolute atomic E-state index is 0.115. The number of benzene rings is 3. The predicted octanol–water partition coefficient (Wildman–Crippen LogP) is 5.24. The average Bonchev–Trinajstić information content (AvgIpc) is 2.82. The van der Waals surface area contributed by atoms with Crippen molar-refractivity contribution < 1.29 is 19.0 Å². The van der Waals surface area contributed by atoms with Crippen LogP contribution < -0.4 is 19.6 Å². The van der Waals surface area contributed by atoms with Gasteiger partial charge >= 0.3 is 0 Å². The van der Waals surface area contributed by atoms with Gasteiger partial charge in [0.1, 0.15) is 12.4 Å². The van der Waals surface area contributed by atoms with E-state index in [9.17, 15) is 4.79 Å². The SMILES string of the molecule is COc1cc(/C=N/NC(=O)COc2ccccc2C(C)C)ccc1OCc1ccccc1C. The average molecular weight is 447 g/mol. The molecule has 0 bridgehead atoms. The standard InChI is InChI=1S/C27H30N2O4/c1-19(2)23-11-7-8-12-24(23)33-18-27(30)29-28-16-21-13-14-25(26(15-21)31-4)32-17-22-10-6-5-9-20(22)3/h5-16,19H,17-18H2,1-4H3,(H,29,30)/b28-16+. The number of methoxy groups -OCH3 is 1. The van der Waals surface area contributed by atoms with Crippen molar-refractivity contribution in [2.75, 3.05) is 13.7 Å². The van der Waals surface area contributed by atoms with Crippen LogP contribution in [-0.2, 0) is 11.4 Å². The molecule has 3 rings (SSSR count). The third kappa shape index (κ3) is 6.84. The number of hydrogen-bond acceptors (Lipinski definition) is 5. The van der Waals surface area contributed by atoms with Crippen LogP contribution in [0.1, 0.15) is 42.0 Å². The van der Waals surface area contributed by atoms with Gasteiger partial charge in [0.05, 0.1) is 13.3 Å². The molecule has 0 spiro atoms. The molecule has 0 unspecified atom stereocenters. The van der Waals surface area contributed by atoms with Crippen molar-refractivity contribution >= 4 is 12.1 Å². The van der Waals surface area contributed by atoms with Crippen LogP contribution >= 0.6 is 0 Å². The maximum atomic E-state index is 12.1. The molecule has 0 saturated carbocycles. The largest absolute Gasteiger partial charge is 0.493 e. The Balaban J connectivity index is 1.54. The van der Waals surface area contributed by atoms with Gasteiger partial charge in [-0.15, -0.1) is 0 Å². The van der Waals surface area contributed by atoms with Crippen LogP contribution in [-0.4, -0.2) is 25.8 Å². The fraction of sp³-hybridized carbons (Fsp3) is 0.259. The van der Waals surface area contributed by atoms with Gasteiger partial charge in [-0.1, -0.05) is 56.3 Å². The number of hydrazone groups is 1. The normalized spacial score (nSPS) is 10.9. The van der Waals surface area contributed by atoms with E-state index < -0.39 is 0 Å². The van der Waals surface area contributed by atoms with E-state index >= 15 is 0 Å². The summed E-state index contributed by atoms with van der Waals surface area (Å²) in [6.07, 6.45) is 1.55. The Bertz CT molecular complexity index is 1110. The Morgan fingerprint density at radius 3 is 2.48 bits per heavy atom. The Hall–Kier alpha value is -3.80. The highest BCUT2D eigenvalue weighted by molar-refractivity contribution is 5.83. The number of hydrogen-bond donors (Lipinski definition) is 1. The molecule has 1 amide bonds. The fourth-order valence-electron chi connectivity index (χ4n) is 3.25. The van der Waals surface area contributed by atoms with Crippen molar-refractivity contribution in [2.45, 2.75) is 33.3 Å². The number of aryl methyl sites for hydroxylation is 1. The third-order valence-electron chi connectivity index (χ3n) is 5.13. The lowest BCUT2D eigenvalue weighted by Crippen LogP contribution is -2.24. The molecule has 0 aliphatic carbocycles. The summed E-state index contributed by atoms with van der Waals surface area (Å²) in [5.74, 6) is 1.90. The number of carbonyl (C=O) groups excluding carboxylic acids is 1. The van der Waals surface area contributed by atoms with Gasteiger partial charge in [0.15, 0.2) is 18.1 Å². The number of nitrogens with one attached hydrogen (secondary N) is 1. The molecule has 33 heavy (non-hydrogen) atoms. The second-order valence-electron chi connectivity index (χ2n) is 7.90. The number of para-hydroxylation sites is 1. The van der Waals surface area contributed by atoms with E-state index in [2.05, 4.69) is 37.4 Å². The van der Waals surface area contributed by atoms with Gasteiger partial charge in [0.25, 0.3) is 5.91 Å². The van der Waals surface area contributed by atoms with Crippen LogP contribution in [0.15, 0.2) is 71.8 Å². The molecule has 0 fully saturated rings. The van der Waals surface area contributed by atoms with Gasteiger partial charge < -0.3 is 14.2 Å². The molecule has 6 heteroatoms. The quantitative estimate of drug-likeness (QED) is 0.342. The second-order valence-corrected chi connectivity index (χ2v) is 7.90. The molecule has 0 saturated heterocycles. The van der Waals surface area contributed by atoms with E-state index in [4.69, 9.17) is 14.2 Å². The van der Waals surface area contributed by atoms with Crippen LogP contribution in [0.5, 0.6) is 17.2 Å². The molecule has 0 aliphatic heterocycles. The molecule has 6 nitrogen and oxygen atoms in total. The monoisotopic (exact) mass is 446 g/mol. The van der Waals surface area contributed by atoms with Crippen LogP contribution in [0.2, 0.25) is 0 Å². The molecule has 172 valence electrons. The first kappa shape index (κ1) is 23.9. The van der Waals surface area contributed by atoms with Crippen molar-refractivity contribution in [2.24, 2.45) is 5.10 Å². The summed E-state index contributed by atoms with van der Waals surface area (Å²) < 4.78 is 17.1. The lowest BCUT2D eigenvalue weighted by molar-refractivity contribution is -0.123. The molecule has 3 aromatic carbocycles. The summed E-state index contributed by atoms with van der Waals surface area (Å²) in [6.45, 7) is 6.56. The van der Waals surface area contributed by atoms with Crippen LogP contribution in [0.25, 0.3) is 0 Å². The maximum absolute atomic E-state index is 12.1. The van der Waals surface area contributed by atoms with Crippen molar-refractivity contribution in [3.8, 4) is 17.2 Å². The molecule has 0 heterocycles. The number of carbonyl (C=O) groups is 1. The molecular formula is C27H30N2O4. The Kier molecular flexibility index (Phi) is 8.47. The summed E-state index contributed by atoms with van der Waals surface area (Å²) in [5.41, 5.74) is 6.61. The molecule has 3 aromatic rings. The van der Waals surface area contributed by atoms with Gasteiger partial charge in [-0.2, -0.15) is 5.10 Å². The fourth-order valence-corrected chi connectivity index (χ4v) is 3.25. The van der Waals surface area contributed by atoms with E-state index in [-0.39, 0.29) is 12.5 Å². The van der Waals surface area contributed by atoms with E-state index in [1.165, 1.54) is 5.56 Å². The summed E-state index contributed by atoms with van der Waals surface area (Å²) in [6, 6.07) is 21.3. The summed E-state index contributed by atoms with van der Waals surface area (Å²) in [4.78, 5) is 12.1. The minimum Gasteiger partial charge on any atom is -0.493 e. The lowest BCUT2D eigenvalue weighted by atomic mass is 10.0. The highest BCUT2D eigenvalue weighted by atomic mass is 16.5. The van der Waals surface area contributed by atoms with E-state index in [0.717, 1.165) is 16.7 Å². The Morgan fingerprint density at radius 1 is 0.970 bits per heavy atom. The van der Waals surface area contributed by atoms with Crippen molar-refractivity contribution in [3.05, 3.63) is 89.0 Å². The number of amides is 1. The van der Waals surface area contributed by atoms with Gasteiger partial charge in [-0.3, -0.25) is 4.79 Å². The highest BCUT2D eigenvalue weighted by Gasteiger charge is 2.09. The molecule has 0 aliphatic rings. The van der Waals surface area contributed by atoms with Gasteiger partial charge in [0, 0.05) is 0 Å². The highest BCUT2D eigenvalue weighted by Crippen LogP contribution is 2.29. The zero-order valence-electron chi connectivity index (χ0n) is 19.5. The zero-order chi connectivity index (χ0) is 23.6. The lowest BCUT2D eigenvalue weighted by Gasteiger charge is -2.13. The Labute approximate surface area is 195 Å². The first-order valence-corrected chi connectivity index (χ1v) is 10.9. The van der Waals surface area contributed by atoms with Crippen molar-refractivity contribution in [3.63, 3.8) is 0 Å². The Morgan fingerprint density at radius 2 is 1.73 bits per heavy atom. The molecule has 0 atom stereocenters. The third-order valence-corrected chi connectivity index (χ3v) is 5.13. The molecular weight excluding hydrogens is 416 g/mol. The van der Waals surface area contributed by atoms with Crippen molar-refractivity contribution in [1.29, 1.82) is 0 Å². The molecule has 1 N–H and O–H groups in total. The van der Waals surface area contributed by atoms with Crippen molar-refractivity contribution in [1.82, 2.24) is 5.43 Å². The first-order valence-electron chi connectivity index (χ1n) is 10.9. The van der Waals surface area contributed by atoms with Crippen LogP contribution in [0.4, 0.5) is 0 Å². The first-order chi connectivity index (χ1) is 16.0. The maximum Gasteiger partial charge on any atom is 0.277 e. The summed E-state index contributed by atoms with van der Waals surface area (Å²) in [5, 5.41) is 4.02. The summed E-state index contributed by atoms with van der Waals surface area (Å²) >= 11 is 0.